The Balaban J connectivity index is 1.68. The summed E-state index contributed by atoms with van der Waals surface area (Å²) in [4.78, 5) is 29.5. The van der Waals surface area contributed by atoms with Gasteiger partial charge in [0.2, 0.25) is 0 Å². The molecule has 32 heavy (non-hydrogen) atoms. The molecule has 8 heteroatoms. The Labute approximate surface area is 192 Å². The molecule has 0 aromatic heterocycles. The molecule has 2 saturated heterocycles. The molecule has 4 rings (SSSR count). The first-order chi connectivity index (χ1) is 15.4. The van der Waals surface area contributed by atoms with E-state index in [1.807, 2.05) is 50.2 Å². The minimum atomic E-state index is -0.528. The number of aryl methyl sites for hydroxylation is 2. The summed E-state index contributed by atoms with van der Waals surface area (Å²) in [6, 6.07) is 11.3. The third kappa shape index (κ3) is 4.24. The lowest BCUT2D eigenvalue weighted by molar-refractivity contribution is -0.122. The van der Waals surface area contributed by atoms with E-state index in [2.05, 4.69) is 10.2 Å². The van der Waals surface area contributed by atoms with Crippen LogP contribution in [0.1, 0.15) is 16.7 Å². The van der Waals surface area contributed by atoms with Crippen LogP contribution in [0.4, 0.5) is 11.4 Å². The Kier molecular flexibility index (Phi) is 6.25. The standard InChI is InChI=1S/C24H25N3O4S/c1-15-4-6-19(12-16(15)2)27-23(29)20(22(28)25-24(27)32)13-17-5-7-18(14-21(17)30-3)26-8-10-31-11-9-26/h4-7,12-14H,8-11H2,1-3H3,(H,25,28,32). The maximum Gasteiger partial charge on any atom is 0.270 e. The van der Waals surface area contributed by atoms with Crippen LogP contribution in [0.5, 0.6) is 5.75 Å². The number of hydrogen-bond donors (Lipinski definition) is 1. The number of benzene rings is 2. The fraction of sp³-hybridized carbons (Fsp3) is 0.292. The number of carbonyl (C=O) groups excluding carboxylic acids is 2. The third-order valence-electron chi connectivity index (χ3n) is 5.74. The number of nitrogens with zero attached hydrogens (tertiary/aromatic N) is 2. The quantitative estimate of drug-likeness (QED) is 0.438. The number of nitrogens with one attached hydrogen (secondary N) is 1. The van der Waals surface area contributed by atoms with Gasteiger partial charge in [-0.25, -0.2) is 0 Å². The summed E-state index contributed by atoms with van der Waals surface area (Å²) in [7, 11) is 1.57. The van der Waals surface area contributed by atoms with Crippen LogP contribution in [0.25, 0.3) is 6.08 Å². The number of amides is 2. The summed E-state index contributed by atoms with van der Waals surface area (Å²) in [6.07, 6.45) is 1.55. The van der Waals surface area contributed by atoms with Crippen molar-refractivity contribution in [1.29, 1.82) is 0 Å². The highest BCUT2D eigenvalue weighted by atomic mass is 32.1. The van der Waals surface area contributed by atoms with Crippen molar-refractivity contribution in [2.75, 3.05) is 43.2 Å². The van der Waals surface area contributed by atoms with Crippen molar-refractivity contribution < 1.29 is 19.1 Å². The number of ether oxygens (including phenoxy) is 2. The van der Waals surface area contributed by atoms with Crippen LogP contribution in [-0.4, -0.2) is 50.3 Å². The smallest absolute Gasteiger partial charge is 0.270 e. The first-order valence-electron chi connectivity index (χ1n) is 10.4. The van der Waals surface area contributed by atoms with Crippen molar-refractivity contribution >= 4 is 46.6 Å². The summed E-state index contributed by atoms with van der Waals surface area (Å²) in [5.41, 5.74) is 4.38. The molecule has 2 heterocycles. The van der Waals surface area contributed by atoms with Crippen molar-refractivity contribution in [3.05, 3.63) is 58.7 Å². The summed E-state index contributed by atoms with van der Waals surface area (Å²) in [6.45, 7) is 6.91. The minimum Gasteiger partial charge on any atom is -0.496 e. The van der Waals surface area contributed by atoms with Gasteiger partial charge in [-0.1, -0.05) is 6.07 Å². The molecular formula is C24H25N3O4S. The van der Waals surface area contributed by atoms with Crippen LogP contribution in [0.3, 0.4) is 0 Å². The number of thiocarbonyl (C=S) groups is 1. The maximum absolute atomic E-state index is 13.3. The van der Waals surface area contributed by atoms with Gasteiger partial charge in [-0.2, -0.15) is 0 Å². The molecule has 0 unspecified atom stereocenters. The van der Waals surface area contributed by atoms with E-state index < -0.39 is 11.8 Å². The van der Waals surface area contributed by atoms with Crippen LogP contribution < -0.4 is 19.9 Å². The van der Waals surface area contributed by atoms with Crippen molar-refractivity contribution in [1.82, 2.24) is 5.32 Å². The predicted molar refractivity (Wildman–Crippen MR) is 128 cm³/mol. The fourth-order valence-corrected chi connectivity index (χ4v) is 4.03. The molecule has 0 saturated carbocycles. The third-order valence-corrected chi connectivity index (χ3v) is 6.03. The molecule has 2 aromatic rings. The van der Waals surface area contributed by atoms with Gasteiger partial charge in [-0.3, -0.25) is 19.8 Å². The number of anilines is 2. The molecule has 0 spiro atoms. The van der Waals surface area contributed by atoms with E-state index in [4.69, 9.17) is 21.7 Å². The Morgan fingerprint density at radius 3 is 2.44 bits per heavy atom. The molecule has 2 fully saturated rings. The van der Waals surface area contributed by atoms with Crippen molar-refractivity contribution in [3.63, 3.8) is 0 Å². The van der Waals surface area contributed by atoms with Gasteiger partial charge in [0.1, 0.15) is 11.3 Å². The lowest BCUT2D eigenvalue weighted by Gasteiger charge is -2.30. The van der Waals surface area contributed by atoms with Gasteiger partial charge in [0.05, 0.1) is 26.0 Å². The molecule has 0 atom stereocenters. The SMILES string of the molecule is COc1cc(N2CCOCC2)ccc1C=C1C(=O)NC(=S)N(c2ccc(C)c(C)c2)C1=O. The minimum absolute atomic E-state index is 0.00532. The first kappa shape index (κ1) is 22.0. The molecule has 2 aliphatic rings. The highest BCUT2D eigenvalue weighted by Crippen LogP contribution is 2.30. The van der Waals surface area contributed by atoms with Gasteiger partial charge < -0.3 is 14.4 Å². The zero-order valence-electron chi connectivity index (χ0n) is 18.3. The van der Waals surface area contributed by atoms with Gasteiger partial charge in [0, 0.05) is 30.4 Å². The number of methoxy groups -OCH3 is 1. The average molecular weight is 452 g/mol. The normalized spacial score (nSPS) is 18.2. The fourth-order valence-electron chi connectivity index (χ4n) is 3.75. The Bertz CT molecular complexity index is 1120. The second kappa shape index (κ2) is 9.10. The van der Waals surface area contributed by atoms with Crippen LogP contribution in [0.2, 0.25) is 0 Å². The Hall–Kier alpha value is -3.23. The number of rotatable bonds is 4. The molecule has 2 aliphatic heterocycles. The molecule has 2 amide bonds. The molecule has 0 radical (unpaired) electrons. The van der Waals surface area contributed by atoms with Gasteiger partial charge in [-0.05, 0) is 67.5 Å². The summed E-state index contributed by atoms with van der Waals surface area (Å²) in [5, 5.41) is 2.69. The molecule has 166 valence electrons. The zero-order valence-corrected chi connectivity index (χ0v) is 19.1. The molecule has 1 N–H and O–H groups in total. The second-order valence-corrected chi connectivity index (χ2v) is 8.14. The van der Waals surface area contributed by atoms with E-state index in [-0.39, 0.29) is 10.7 Å². The van der Waals surface area contributed by atoms with E-state index in [1.54, 1.807) is 13.2 Å². The highest BCUT2D eigenvalue weighted by Gasteiger charge is 2.34. The van der Waals surface area contributed by atoms with E-state index in [0.29, 0.717) is 30.2 Å². The van der Waals surface area contributed by atoms with Crippen molar-refractivity contribution in [2.24, 2.45) is 0 Å². The second-order valence-electron chi connectivity index (χ2n) is 7.75. The molecule has 0 bridgehead atoms. The van der Waals surface area contributed by atoms with Crippen LogP contribution in [-0.2, 0) is 14.3 Å². The largest absolute Gasteiger partial charge is 0.496 e. The molecule has 7 nitrogen and oxygen atoms in total. The lowest BCUT2D eigenvalue weighted by Crippen LogP contribution is -2.54. The van der Waals surface area contributed by atoms with Gasteiger partial charge in [0.25, 0.3) is 11.8 Å². The number of hydrogen-bond acceptors (Lipinski definition) is 6. The summed E-state index contributed by atoms with van der Waals surface area (Å²) < 4.78 is 11.0. The summed E-state index contributed by atoms with van der Waals surface area (Å²) >= 11 is 5.30. The Morgan fingerprint density at radius 1 is 1.03 bits per heavy atom. The summed E-state index contributed by atoms with van der Waals surface area (Å²) in [5.74, 6) is -0.423. The highest BCUT2D eigenvalue weighted by molar-refractivity contribution is 7.80. The van der Waals surface area contributed by atoms with Crippen LogP contribution in [0, 0.1) is 13.8 Å². The van der Waals surface area contributed by atoms with E-state index in [1.165, 1.54) is 4.90 Å². The maximum atomic E-state index is 13.3. The van der Waals surface area contributed by atoms with E-state index in [9.17, 15) is 9.59 Å². The van der Waals surface area contributed by atoms with Gasteiger partial charge in [0.15, 0.2) is 5.11 Å². The van der Waals surface area contributed by atoms with Crippen molar-refractivity contribution in [3.8, 4) is 5.75 Å². The molecule has 2 aromatic carbocycles. The molecular weight excluding hydrogens is 426 g/mol. The zero-order chi connectivity index (χ0) is 22.8. The van der Waals surface area contributed by atoms with Gasteiger partial charge in [-0.15, -0.1) is 0 Å². The monoisotopic (exact) mass is 451 g/mol. The molecule has 0 aliphatic carbocycles. The van der Waals surface area contributed by atoms with E-state index >= 15 is 0 Å². The van der Waals surface area contributed by atoms with Crippen LogP contribution >= 0.6 is 12.2 Å². The van der Waals surface area contributed by atoms with Crippen molar-refractivity contribution in [2.45, 2.75) is 13.8 Å². The Morgan fingerprint density at radius 2 is 1.75 bits per heavy atom. The van der Waals surface area contributed by atoms with E-state index in [0.717, 1.165) is 29.9 Å². The number of carbonyl (C=O) groups is 2. The number of morpholine rings is 1. The topological polar surface area (TPSA) is 71.1 Å². The predicted octanol–water partition coefficient (Wildman–Crippen LogP) is 2.98. The average Bonchev–Trinajstić information content (AvgIpc) is 2.79. The van der Waals surface area contributed by atoms with Crippen LogP contribution in [0.15, 0.2) is 42.0 Å². The lowest BCUT2D eigenvalue weighted by atomic mass is 10.0. The van der Waals surface area contributed by atoms with Gasteiger partial charge >= 0.3 is 0 Å². The first-order valence-corrected chi connectivity index (χ1v) is 10.8.